The van der Waals surface area contributed by atoms with Crippen molar-refractivity contribution in [3.05, 3.63) is 58.2 Å². The Kier molecular flexibility index (Phi) is 6.27. The van der Waals surface area contributed by atoms with E-state index in [-0.39, 0.29) is 34.7 Å². The van der Waals surface area contributed by atoms with Crippen LogP contribution in [0.3, 0.4) is 0 Å². The zero-order valence-corrected chi connectivity index (χ0v) is 17.4. The van der Waals surface area contributed by atoms with Crippen molar-refractivity contribution in [2.75, 3.05) is 26.1 Å². The van der Waals surface area contributed by atoms with Crippen LogP contribution in [0.25, 0.3) is 6.08 Å². The molecule has 8 nitrogen and oxygen atoms in total. The van der Waals surface area contributed by atoms with Crippen LogP contribution in [-0.2, 0) is 9.59 Å². The molecule has 0 spiro atoms. The van der Waals surface area contributed by atoms with Gasteiger partial charge in [0.1, 0.15) is 5.70 Å². The van der Waals surface area contributed by atoms with Crippen molar-refractivity contribution in [3.8, 4) is 11.5 Å². The van der Waals surface area contributed by atoms with Gasteiger partial charge in [-0.2, -0.15) is 0 Å². The van der Waals surface area contributed by atoms with Crippen LogP contribution in [0.2, 0.25) is 5.02 Å². The van der Waals surface area contributed by atoms with Crippen LogP contribution in [0.5, 0.6) is 11.5 Å². The van der Waals surface area contributed by atoms with Crippen LogP contribution in [0.15, 0.2) is 42.1 Å². The van der Waals surface area contributed by atoms with E-state index in [1.165, 1.54) is 20.2 Å². The number of urea groups is 1. The summed E-state index contributed by atoms with van der Waals surface area (Å²) < 4.78 is 10.9. The molecule has 2 aromatic rings. The van der Waals surface area contributed by atoms with Crippen LogP contribution in [-0.4, -0.2) is 43.5 Å². The maximum absolute atomic E-state index is 12.2. The third kappa shape index (κ3) is 4.72. The standard InChI is InChI=1S/C21H20ClN3O5/c1-12-4-6-14(7-5-12)23-18(26)11-30-19-15(22)8-13(10-17(19)29-3)9-16-20(27)25(2)21(28)24-16/h4-10H,11H2,1-3H3,(H,23,26)(H,24,28)/b16-9+. The van der Waals surface area contributed by atoms with Crippen LogP contribution in [0.4, 0.5) is 10.5 Å². The minimum absolute atomic E-state index is 0.117. The first-order valence-electron chi connectivity index (χ1n) is 8.96. The quantitative estimate of drug-likeness (QED) is 0.543. The van der Waals surface area contributed by atoms with Crippen LogP contribution in [0, 0.1) is 6.92 Å². The lowest BCUT2D eigenvalue weighted by atomic mass is 10.1. The number of aryl methyl sites for hydroxylation is 1. The molecule has 2 N–H and O–H groups in total. The number of methoxy groups -OCH3 is 1. The molecule has 1 heterocycles. The molecule has 9 heteroatoms. The molecule has 3 rings (SSSR count). The average molecular weight is 430 g/mol. The third-order valence-corrected chi connectivity index (χ3v) is 4.61. The first-order valence-corrected chi connectivity index (χ1v) is 9.34. The van der Waals surface area contributed by atoms with E-state index in [2.05, 4.69) is 10.6 Å². The van der Waals surface area contributed by atoms with E-state index in [1.54, 1.807) is 24.3 Å². The topological polar surface area (TPSA) is 97.0 Å². The van der Waals surface area contributed by atoms with Gasteiger partial charge < -0.3 is 20.1 Å². The molecule has 30 heavy (non-hydrogen) atoms. The van der Waals surface area contributed by atoms with Gasteiger partial charge in [0.2, 0.25) is 0 Å². The van der Waals surface area contributed by atoms with E-state index in [4.69, 9.17) is 21.1 Å². The highest BCUT2D eigenvalue weighted by Crippen LogP contribution is 2.37. The summed E-state index contributed by atoms with van der Waals surface area (Å²) in [5.74, 6) is -0.337. The number of likely N-dealkylation sites (N-methyl/N-ethyl adjacent to an activating group) is 1. The molecule has 0 saturated carbocycles. The maximum Gasteiger partial charge on any atom is 0.328 e. The van der Waals surface area contributed by atoms with Gasteiger partial charge in [0.25, 0.3) is 11.8 Å². The number of amides is 4. The fourth-order valence-corrected chi connectivity index (χ4v) is 3.00. The summed E-state index contributed by atoms with van der Waals surface area (Å²) in [6.45, 7) is 1.68. The van der Waals surface area contributed by atoms with Crippen molar-refractivity contribution in [1.29, 1.82) is 0 Å². The van der Waals surface area contributed by atoms with Gasteiger partial charge in [-0.05, 0) is 42.8 Å². The molecule has 0 aromatic heterocycles. The van der Waals surface area contributed by atoms with Gasteiger partial charge in [0, 0.05) is 12.7 Å². The second-order valence-electron chi connectivity index (χ2n) is 6.59. The molecule has 156 valence electrons. The largest absolute Gasteiger partial charge is 0.493 e. The number of imide groups is 1. The molecular weight excluding hydrogens is 410 g/mol. The summed E-state index contributed by atoms with van der Waals surface area (Å²) in [6.07, 6.45) is 1.48. The van der Waals surface area contributed by atoms with Gasteiger partial charge in [-0.1, -0.05) is 29.3 Å². The molecule has 0 atom stereocenters. The Hall–Kier alpha value is -3.52. The van der Waals surface area contributed by atoms with Crippen molar-refractivity contribution < 1.29 is 23.9 Å². The predicted molar refractivity (Wildman–Crippen MR) is 113 cm³/mol. The zero-order chi connectivity index (χ0) is 21.8. The number of nitrogens with zero attached hydrogens (tertiary/aromatic N) is 1. The van der Waals surface area contributed by atoms with E-state index in [0.717, 1.165) is 10.5 Å². The Balaban J connectivity index is 1.73. The van der Waals surface area contributed by atoms with Crippen LogP contribution >= 0.6 is 11.6 Å². The minimum Gasteiger partial charge on any atom is -0.493 e. The summed E-state index contributed by atoms with van der Waals surface area (Å²) in [5.41, 5.74) is 2.38. The van der Waals surface area contributed by atoms with Gasteiger partial charge in [0.05, 0.1) is 12.1 Å². The Labute approximate surface area is 178 Å². The smallest absolute Gasteiger partial charge is 0.328 e. The number of rotatable bonds is 6. The molecule has 1 aliphatic heterocycles. The Morgan fingerprint density at radius 3 is 2.53 bits per heavy atom. The predicted octanol–water partition coefficient (Wildman–Crippen LogP) is 3.20. The monoisotopic (exact) mass is 429 g/mol. The molecular formula is C21H20ClN3O5. The minimum atomic E-state index is -0.510. The highest BCUT2D eigenvalue weighted by molar-refractivity contribution is 6.32. The molecule has 1 fully saturated rings. The maximum atomic E-state index is 12.2. The highest BCUT2D eigenvalue weighted by atomic mass is 35.5. The van der Waals surface area contributed by atoms with Crippen molar-refractivity contribution in [1.82, 2.24) is 10.2 Å². The Bertz CT molecular complexity index is 1030. The first kappa shape index (κ1) is 21.2. The van der Waals surface area contributed by atoms with E-state index in [0.29, 0.717) is 11.3 Å². The fraction of sp³-hybridized carbons (Fsp3) is 0.190. The number of carbonyl (C=O) groups is 3. The summed E-state index contributed by atoms with van der Waals surface area (Å²) >= 11 is 6.30. The lowest BCUT2D eigenvalue weighted by molar-refractivity contribution is -0.122. The van der Waals surface area contributed by atoms with Gasteiger partial charge in [-0.15, -0.1) is 0 Å². The van der Waals surface area contributed by atoms with Crippen molar-refractivity contribution in [3.63, 3.8) is 0 Å². The highest BCUT2D eigenvalue weighted by Gasteiger charge is 2.30. The number of hydrogen-bond donors (Lipinski definition) is 2. The lowest BCUT2D eigenvalue weighted by Gasteiger charge is -2.13. The number of nitrogens with one attached hydrogen (secondary N) is 2. The molecule has 1 saturated heterocycles. The summed E-state index contributed by atoms with van der Waals surface area (Å²) in [6, 6.07) is 9.99. The van der Waals surface area contributed by atoms with Crippen LogP contribution in [0.1, 0.15) is 11.1 Å². The van der Waals surface area contributed by atoms with Crippen molar-refractivity contribution in [2.24, 2.45) is 0 Å². The molecule has 2 aromatic carbocycles. The van der Waals surface area contributed by atoms with Crippen LogP contribution < -0.4 is 20.1 Å². The summed E-state index contributed by atoms with van der Waals surface area (Å²) in [5, 5.41) is 5.39. The van der Waals surface area contributed by atoms with Crippen molar-refractivity contribution in [2.45, 2.75) is 6.92 Å². The SMILES string of the molecule is COc1cc(/C=C2/NC(=O)N(C)C2=O)cc(Cl)c1OCC(=O)Nc1ccc(C)cc1. The first-order chi connectivity index (χ1) is 14.3. The lowest BCUT2D eigenvalue weighted by Crippen LogP contribution is -2.25. The van der Waals surface area contributed by atoms with Crippen molar-refractivity contribution >= 4 is 41.2 Å². The molecule has 0 aliphatic carbocycles. The summed E-state index contributed by atoms with van der Waals surface area (Å²) in [4.78, 5) is 36.7. The second-order valence-corrected chi connectivity index (χ2v) is 7.00. The van der Waals surface area contributed by atoms with E-state index >= 15 is 0 Å². The molecule has 0 radical (unpaired) electrons. The summed E-state index contributed by atoms with van der Waals surface area (Å²) in [7, 11) is 2.81. The molecule has 4 amide bonds. The van der Waals surface area contributed by atoms with Gasteiger partial charge in [-0.25, -0.2) is 4.79 Å². The number of carbonyl (C=O) groups excluding carboxylic acids is 3. The number of anilines is 1. The van der Waals surface area contributed by atoms with Gasteiger partial charge in [-0.3, -0.25) is 14.5 Å². The normalized spacial score (nSPS) is 14.7. The Morgan fingerprint density at radius 2 is 1.93 bits per heavy atom. The molecule has 0 bridgehead atoms. The fourth-order valence-electron chi connectivity index (χ4n) is 2.72. The van der Waals surface area contributed by atoms with Gasteiger partial charge >= 0.3 is 6.03 Å². The van der Waals surface area contributed by atoms with E-state index in [9.17, 15) is 14.4 Å². The third-order valence-electron chi connectivity index (χ3n) is 4.33. The number of hydrogen-bond acceptors (Lipinski definition) is 5. The number of benzene rings is 2. The van der Waals surface area contributed by atoms with E-state index in [1.807, 2.05) is 19.1 Å². The second kappa shape index (κ2) is 8.87. The molecule has 1 aliphatic rings. The van der Waals surface area contributed by atoms with E-state index < -0.39 is 11.9 Å². The number of halogens is 1. The van der Waals surface area contributed by atoms with Gasteiger partial charge in [0.15, 0.2) is 18.1 Å². The zero-order valence-electron chi connectivity index (χ0n) is 16.6. The average Bonchev–Trinajstić information content (AvgIpc) is 2.95. The Morgan fingerprint density at radius 1 is 1.23 bits per heavy atom. The number of ether oxygens (including phenoxy) is 2. The molecule has 0 unspecified atom stereocenters.